The Labute approximate surface area is 136 Å². The van der Waals surface area contributed by atoms with Crippen molar-refractivity contribution in [3.05, 3.63) is 27.7 Å². The zero-order chi connectivity index (χ0) is 15.0. The Bertz CT molecular complexity index is 497. The van der Waals surface area contributed by atoms with E-state index in [4.69, 9.17) is 10.5 Å². The van der Waals surface area contributed by atoms with E-state index in [0.29, 0.717) is 12.1 Å². The van der Waals surface area contributed by atoms with E-state index in [0.717, 1.165) is 12.2 Å². The first-order valence-electron chi connectivity index (χ1n) is 8.22. The molecule has 21 heavy (non-hydrogen) atoms. The van der Waals surface area contributed by atoms with Gasteiger partial charge in [-0.05, 0) is 49.9 Å². The molecule has 2 saturated carbocycles. The van der Waals surface area contributed by atoms with Crippen LogP contribution in [0, 0.1) is 19.3 Å². The highest BCUT2D eigenvalue weighted by Crippen LogP contribution is 2.51. The topological polar surface area (TPSA) is 35.2 Å². The second kappa shape index (κ2) is 5.92. The summed E-state index contributed by atoms with van der Waals surface area (Å²) in [6.45, 7) is 4.25. The van der Waals surface area contributed by atoms with Crippen LogP contribution in [0.4, 0.5) is 0 Å². The van der Waals surface area contributed by atoms with Crippen molar-refractivity contribution in [2.75, 3.05) is 0 Å². The third-order valence-corrected chi connectivity index (χ3v) is 6.82. The van der Waals surface area contributed by atoms with E-state index in [2.05, 4.69) is 41.9 Å². The number of rotatable bonds is 2. The number of halogens is 1. The van der Waals surface area contributed by atoms with Crippen molar-refractivity contribution in [1.29, 1.82) is 0 Å². The molecule has 0 heterocycles. The summed E-state index contributed by atoms with van der Waals surface area (Å²) < 4.78 is 7.57. The SMILES string of the molecule is Cc1cc(OC2CC(N)C23CCCCCC3)cc(C)c1Br. The summed E-state index contributed by atoms with van der Waals surface area (Å²) in [5.74, 6) is 1.01. The van der Waals surface area contributed by atoms with E-state index in [1.54, 1.807) is 0 Å². The first-order chi connectivity index (χ1) is 10.0. The Balaban J connectivity index is 1.78. The summed E-state index contributed by atoms with van der Waals surface area (Å²) in [4.78, 5) is 0. The van der Waals surface area contributed by atoms with Gasteiger partial charge >= 0.3 is 0 Å². The van der Waals surface area contributed by atoms with Crippen molar-refractivity contribution >= 4 is 15.9 Å². The lowest BCUT2D eigenvalue weighted by atomic mass is 9.58. The maximum Gasteiger partial charge on any atom is 0.120 e. The van der Waals surface area contributed by atoms with Gasteiger partial charge in [-0.3, -0.25) is 0 Å². The Hall–Kier alpha value is -0.540. The lowest BCUT2D eigenvalue weighted by Crippen LogP contribution is -2.63. The summed E-state index contributed by atoms with van der Waals surface area (Å²) in [6.07, 6.45) is 9.15. The molecule has 3 rings (SSSR count). The minimum Gasteiger partial charge on any atom is -0.490 e. The third-order valence-electron chi connectivity index (χ3n) is 5.57. The van der Waals surface area contributed by atoms with Crippen LogP contribution < -0.4 is 10.5 Å². The highest BCUT2D eigenvalue weighted by Gasteiger charge is 2.54. The second-order valence-electron chi connectivity index (χ2n) is 6.97. The van der Waals surface area contributed by atoms with Crippen molar-refractivity contribution in [3.8, 4) is 5.75 Å². The maximum absolute atomic E-state index is 6.40. The van der Waals surface area contributed by atoms with E-state index in [1.165, 1.54) is 54.1 Å². The van der Waals surface area contributed by atoms with E-state index in [-0.39, 0.29) is 5.41 Å². The number of benzene rings is 1. The number of nitrogens with two attached hydrogens (primary N) is 1. The highest BCUT2D eigenvalue weighted by molar-refractivity contribution is 9.10. The molecular weight excluding hydrogens is 326 g/mol. The van der Waals surface area contributed by atoms with Crippen LogP contribution in [0.25, 0.3) is 0 Å². The molecule has 0 saturated heterocycles. The van der Waals surface area contributed by atoms with Crippen molar-refractivity contribution < 1.29 is 4.74 Å². The molecule has 1 aromatic rings. The Kier molecular flexibility index (Phi) is 4.33. The molecule has 2 N–H and O–H groups in total. The van der Waals surface area contributed by atoms with Crippen LogP contribution in [0.15, 0.2) is 16.6 Å². The molecule has 2 fully saturated rings. The normalized spacial score (nSPS) is 28.0. The Morgan fingerprint density at radius 3 is 2.19 bits per heavy atom. The molecule has 0 radical (unpaired) electrons. The molecule has 2 aliphatic carbocycles. The van der Waals surface area contributed by atoms with Crippen LogP contribution in [-0.4, -0.2) is 12.1 Å². The largest absolute Gasteiger partial charge is 0.490 e. The molecule has 116 valence electrons. The number of aryl methyl sites for hydroxylation is 2. The van der Waals surface area contributed by atoms with E-state index in [9.17, 15) is 0 Å². The molecule has 0 aliphatic heterocycles. The minimum atomic E-state index is 0.241. The van der Waals surface area contributed by atoms with Crippen LogP contribution >= 0.6 is 15.9 Å². The molecule has 1 spiro atoms. The van der Waals surface area contributed by atoms with Gasteiger partial charge in [0, 0.05) is 22.4 Å². The molecule has 1 aromatic carbocycles. The molecular formula is C18H26BrNO. The molecule has 2 nitrogen and oxygen atoms in total. The predicted octanol–water partition coefficient (Wildman–Crippen LogP) is 4.88. The predicted molar refractivity (Wildman–Crippen MR) is 90.8 cm³/mol. The number of hydrogen-bond donors (Lipinski definition) is 1. The van der Waals surface area contributed by atoms with Gasteiger partial charge in [0.2, 0.25) is 0 Å². The molecule has 3 heteroatoms. The molecule has 2 unspecified atom stereocenters. The van der Waals surface area contributed by atoms with Crippen LogP contribution in [0.2, 0.25) is 0 Å². The molecule has 2 aliphatic rings. The van der Waals surface area contributed by atoms with Gasteiger partial charge in [0.15, 0.2) is 0 Å². The van der Waals surface area contributed by atoms with Gasteiger partial charge in [0.25, 0.3) is 0 Å². The molecule has 0 aromatic heterocycles. The maximum atomic E-state index is 6.40. The summed E-state index contributed by atoms with van der Waals surface area (Å²) in [5, 5.41) is 0. The summed E-state index contributed by atoms with van der Waals surface area (Å²) in [6, 6.07) is 4.62. The lowest BCUT2D eigenvalue weighted by molar-refractivity contribution is -0.0770. The zero-order valence-corrected chi connectivity index (χ0v) is 14.7. The molecule has 2 atom stereocenters. The standard InChI is InChI=1S/C18H26BrNO/c1-12-9-14(10-13(2)17(12)19)21-16-11-15(20)18(16)7-5-3-4-6-8-18/h9-10,15-16H,3-8,11,20H2,1-2H3. The lowest BCUT2D eigenvalue weighted by Gasteiger charge is -2.54. The van der Waals surface area contributed by atoms with E-state index >= 15 is 0 Å². The first-order valence-corrected chi connectivity index (χ1v) is 9.01. The van der Waals surface area contributed by atoms with Gasteiger partial charge < -0.3 is 10.5 Å². The van der Waals surface area contributed by atoms with Gasteiger partial charge in [-0.15, -0.1) is 0 Å². The second-order valence-corrected chi connectivity index (χ2v) is 7.76. The summed E-state index contributed by atoms with van der Waals surface area (Å²) >= 11 is 3.62. The Morgan fingerprint density at radius 1 is 1.10 bits per heavy atom. The zero-order valence-electron chi connectivity index (χ0n) is 13.1. The first kappa shape index (κ1) is 15.4. The highest BCUT2D eigenvalue weighted by atomic mass is 79.9. The fraction of sp³-hybridized carbons (Fsp3) is 0.667. The fourth-order valence-corrected chi connectivity index (χ4v) is 4.39. The minimum absolute atomic E-state index is 0.241. The number of hydrogen-bond acceptors (Lipinski definition) is 2. The monoisotopic (exact) mass is 351 g/mol. The van der Waals surface area contributed by atoms with Crippen LogP contribution in [0.5, 0.6) is 5.75 Å². The average Bonchev–Trinajstić information content (AvgIpc) is 2.72. The average molecular weight is 352 g/mol. The summed E-state index contributed by atoms with van der Waals surface area (Å²) in [7, 11) is 0. The quantitative estimate of drug-likeness (QED) is 0.823. The third kappa shape index (κ3) is 2.75. The Morgan fingerprint density at radius 2 is 1.67 bits per heavy atom. The van der Waals surface area contributed by atoms with Crippen molar-refractivity contribution in [2.45, 2.75) is 70.9 Å². The van der Waals surface area contributed by atoms with E-state index in [1.807, 2.05) is 0 Å². The molecule has 0 amide bonds. The summed E-state index contributed by atoms with van der Waals surface area (Å²) in [5.41, 5.74) is 9.12. The van der Waals surface area contributed by atoms with Gasteiger partial charge in [-0.2, -0.15) is 0 Å². The van der Waals surface area contributed by atoms with Crippen LogP contribution in [0.3, 0.4) is 0 Å². The fourth-order valence-electron chi connectivity index (χ4n) is 4.16. The van der Waals surface area contributed by atoms with Gasteiger partial charge in [-0.1, -0.05) is 41.6 Å². The van der Waals surface area contributed by atoms with Crippen molar-refractivity contribution in [1.82, 2.24) is 0 Å². The van der Waals surface area contributed by atoms with Gasteiger partial charge in [0.1, 0.15) is 11.9 Å². The van der Waals surface area contributed by atoms with E-state index < -0.39 is 0 Å². The van der Waals surface area contributed by atoms with Crippen LogP contribution in [-0.2, 0) is 0 Å². The molecule has 0 bridgehead atoms. The van der Waals surface area contributed by atoms with Gasteiger partial charge in [0.05, 0.1) is 0 Å². The van der Waals surface area contributed by atoms with Gasteiger partial charge in [-0.25, -0.2) is 0 Å². The van der Waals surface area contributed by atoms with Crippen LogP contribution in [0.1, 0.15) is 56.1 Å². The van der Waals surface area contributed by atoms with Crippen molar-refractivity contribution in [2.24, 2.45) is 11.1 Å². The van der Waals surface area contributed by atoms with Crippen molar-refractivity contribution in [3.63, 3.8) is 0 Å². The number of ether oxygens (including phenoxy) is 1. The smallest absolute Gasteiger partial charge is 0.120 e.